The molecule has 116 valence electrons. The van der Waals surface area contributed by atoms with Crippen LogP contribution in [0.4, 0.5) is 17.1 Å². The van der Waals surface area contributed by atoms with Crippen molar-refractivity contribution in [2.45, 2.75) is 13.8 Å². The van der Waals surface area contributed by atoms with Gasteiger partial charge in [-0.15, -0.1) is 0 Å². The lowest BCUT2D eigenvalue weighted by atomic mass is 10.1. The van der Waals surface area contributed by atoms with Crippen LogP contribution in [-0.2, 0) is 0 Å². The fourth-order valence-corrected chi connectivity index (χ4v) is 2.73. The summed E-state index contributed by atoms with van der Waals surface area (Å²) in [5, 5.41) is 0. The SMILES string of the molecule is COc1cccc(N(c2cccc(C)c2)c2cccc(C)c2)c1. The summed E-state index contributed by atoms with van der Waals surface area (Å²) in [5.74, 6) is 0.854. The first-order chi connectivity index (χ1) is 11.2. The van der Waals surface area contributed by atoms with Crippen molar-refractivity contribution in [3.8, 4) is 5.75 Å². The van der Waals surface area contributed by atoms with Crippen LogP contribution in [0.5, 0.6) is 5.75 Å². The van der Waals surface area contributed by atoms with E-state index in [2.05, 4.69) is 79.4 Å². The Morgan fingerprint density at radius 3 is 1.61 bits per heavy atom. The van der Waals surface area contributed by atoms with E-state index in [0.29, 0.717) is 0 Å². The Morgan fingerprint density at radius 2 is 1.13 bits per heavy atom. The second kappa shape index (κ2) is 6.57. The summed E-state index contributed by atoms with van der Waals surface area (Å²) in [7, 11) is 1.70. The Hall–Kier alpha value is -2.74. The van der Waals surface area contributed by atoms with Crippen LogP contribution in [0.1, 0.15) is 11.1 Å². The molecular weight excluding hydrogens is 282 g/mol. The fourth-order valence-electron chi connectivity index (χ4n) is 2.73. The minimum absolute atomic E-state index is 0.854. The summed E-state index contributed by atoms with van der Waals surface area (Å²) in [6, 6.07) is 25.2. The molecule has 3 rings (SSSR count). The van der Waals surface area contributed by atoms with Crippen LogP contribution in [0.2, 0.25) is 0 Å². The van der Waals surface area contributed by atoms with E-state index in [0.717, 1.165) is 22.8 Å². The van der Waals surface area contributed by atoms with Gasteiger partial charge in [-0.3, -0.25) is 0 Å². The number of methoxy groups -OCH3 is 1. The van der Waals surface area contributed by atoms with Gasteiger partial charge in [-0.25, -0.2) is 0 Å². The van der Waals surface area contributed by atoms with Crippen molar-refractivity contribution in [3.05, 3.63) is 83.9 Å². The third-order valence-electron chi connectivity index (χ3n) is 3.83. The lowest BCUT2D eigenvalue weighted by molar-refractivity contribution is 0.415. The Kier molecular flexibility index (Phi) is 4.33. The first-order valence-corrected chi connectivity index (χ1v) is 7.75. The lowest BCUT2D eigenvalue weighted by Gasteiger charge is -2.26. The van der Waals surface area contributed by atoms with Crippen LogP contribution in [0.25, 0.3) is 0 Å². The normalized spacial score (nSPS) is 10.4. The summed E-state index contributed by atoms with van der Waals surface area (Å²) < 4.78 is 5.40. The Morgan fingerprint density at radius 1 is 0.652 bits per heavy atom. The standard InChI is InChI=1S/C21H21NO/c1-16-7-4-9-18(13-16)22(19-10-5-8-17(2)14-19)20-11-6-12-21(15-20)23-3/h4-15H,1-3H3. The predicted octanol–water partition coefficient (Wildman–Crippen LogP) is 5.78. The summed E-state index contributed by atoms with van der Waals surface area (Å²) in [5.41, 5.74) is 5.85. The number of anilines is 3. The van der Waals surface area contributed by atoms with Gasteiger partial charge in [0.25, 0.3) is 0 Å². The Bertz CT molecular complexity index is 765. The number of nitrogens with zero attached hydrogens (tertiary/aromatic N) is 1. The average molecular weight is 303 g/mol. The molecule has 0 radical (unpaired) electrons. The van der Waals surface area contributed by atoms with E-state index in [9.17, 15) is 0 Å². The molecular formula is C21H21NO. The number of rotatable bonds is 4. The van der Waals surface area contributed by atoms with Gasteiger partial charge in [-0.2, -0.15) is 0 Å². The second-order valence-corrected chi connectivity index (χ2v) is 5.71. The molecule has 0 unspecified atom stereocenters. The van der Waals surface area contributed by atoms with Crippen molar-refractivity contribution in [2.24, 2.45) is 0 Å². The Balaban J connectivity index is 2.17. The lowest BCUT2D eigenvalue weighted by Crippen LogP contribution is -2.10. The average Bonchev–Trinajstić information content (AvgIpc) is 2.55. The van der Waals surface area contributed by atoms with Gasteiger partial charge < -0.3 is 9.64 Å². The minimum atomic E-state index is 0.854. The number of hydrogen-bond donors (Lipinski definition) is 0. The highest BCUT2D eigenvalue weighted by atomic mass is 16.5. The van der Waals surface area contributed by atoms with Gasteiger partial charge in [0.1, 0.15) is 5.75 Å². The molecule has 0 heterocycles. The second-order valence-electron chi connectivity index (χ2n) is 5.71. The molecule has 0 amide bonds. The van der Waals surface area contributed by atoms with Crippen molar-refractivity contribution in [2.75, 3.05) is 12.0 Å². The summed E-state index contributed by atoms with van der Waals surface area (Å²) in [6.45, 7) is 4.23. The fraction of sp³-hybridized carbons (Fsp3) is 0.143. The smallest absolute Gasteiger partial charge is 0.120 e. The van der Waals surface area contributed by atoms with Crippen LogP contribution in [0.3, 0.4) is 0 Å². The van der Waals surface area contributed by atoms with Gasteiger partial charge in [0, 0.05) is 23.1 Å². The molecule has 0 N–H and O–H groups in total. The van der Waals surface area contributed by atoms with Crippen molar-refractivity contribution >= 4 is 17.1 Å². The monoisotopic (exact) mass is 303 g/mol. The molecule has 0 bridgehead atoms. The highest BCUT2D eigenvalue weighted by molar-refractivity contribution is 5.77. The van der Waals surface area contributed by atoms with Gasteiger partial charge >= 0.3 is 0 Å². The van der Waals surface area contributed by atoms with Gasteiger partial charge in [-0.1, -0.05) is 30.3 Å². The summed E-state index contributed by atoms with van der Waals surface area (Å²) in [6.07, 6.45) is 0. The van der Waals surface area contributed by atoms with Gasteiger partial charge in [0.2, 0.25) is 0 Å². The molecule has 0 spiro atoms. The zero-order valence-electron chi connectivity index (χ0n) is 13.8. The van der Waals surface area contributed by atoms with E-state index in [1.165, 1.54) is 11.1 Å². The first-order valence-electron chi connectivity index (χ1n) is 7.75. The van der Waals surface area contributed by atoms with Crippen LogP contribution < -0.4 is 9.64 Å². The zero-order chi connectivity index (χ0) is 16.2. The number of aryl methyl sites for hydroxylation is 2. The molecule has 2 nitrogen and oxygen atoms in total. The number of hydrogen-bond acceptors (Lipinski definition) is 2. The Labute approximate surface area is 138 Å². The molecule has 0 atom stereocenters. The minimum Gasteiger partial charge on any atom is -0.497 e. The molecule has 3 aromatic carbocycles. The van der Waals surface area contributed by atoms with Crippen molar-refractivity contribution in [1.29, 1.82) is 0 Å². The molecule has 3 aromatic rings. The third kappa shape index (κ3) is 3.37. The maximum Gasteiger partial charge on any atom is 0.120 e. The molecule has 0 aliphatic rings. The van der Waals surface area contributed by atoms with E-state index >= 15 is 0 Å². The molecule has 0 aliphatic carbocycles. The maximum absolute atomic E-state index is 5.40. The van der Waals surface area contributed by atoms with E-state index in [1.54, 1.807) is 7.11 Å². The maximum atomic E-state index is 5.40. The molecule has 0 saturated carbocycles. The molecule has 23 heavy (non-hydrogen) atoms. The number of benzene rings is 3. The molecule has 0 saturated heterocycles. The highest BCUT2D eigenvalue weighted by Crippen LogP contribution is 2.36. The quantitative estimate of drug-likeness (QED) is 0.605. The van der Waals surface area contributed by atoms with E-state index < -0.39 is 0 Å². The zero-order valence-corrected chi connectivity index (χ0v) is 13.8. The highest BCUT2D eigenvalue weighted by Gasteiger charge is 2.13. The van der Waals surface area contributed by atoms with Crippen LogP contribution in [0, 0.1) is 13.8 Å². The topological polar surface area (TPSA) is 12.5 Å². The van der Waals surface area contributed by atoms with Crippen LogP contribution in [-0.4, -0.2) is 7.11 Å². The van der Waals surface area contributed by atoms with Gasteiger partial charge in [0.15, 0.2) is 0 Å². The molecule has 0 aromatic heterocycles. The van der Waals surface area contributed by atoms with Crippen molar-refractivity contribution < 1.29 is 4.74 Å². The third-order valence-corrected chi connectivity index (χ3v) is 3.83. The first kappa shape index (κ1) is 15.2. The van der Waals surface area contributed by atoms with Gasteiger partial charge in [0.05, 0.1) is 7.11 Å². The molecule has 0 fully saturated rings. The van der Waals surface area contributed by atoms with Gasteiger partial charge in [-0.05, 0) is 61.4 Å². The molecule has 0 aliphatic heterocycles. The number of ether oxygens (including phenoxy) is 1. The summed E-state index contributed by atoms with van der Waals surface area (Å²) in [4.78, 5) is 2.25. The van der Waals surface area contributed by atoms with Crippen LogP contribution >= 0.6 is 0 Å². The molecule has 2 heteroatoms. The van der Waals surface area contributed by atoms with Crippen LogP contribution in [0.15, 0.2) is 72.8 Å². The van der Waals surface area contributed by atoms with E-state index in [1.807, 2.05) is 12.1 Å². The van der Waals surface area contributed by atoms with E-state index in [-0.39, 0.29) is 0 Å². The van der Waals surface area contributed by atoms with Crippen molar-refractivity contribution in [1.82, 2.24) is 0 Å². The predicted molar refractivity (Wildman–Crippen MR) is 97.2 cm³/mol. The summed E-state index contributed by atoms with van der Waals surface area (Å²) >= 11 is 0. The van der Waals surface area contributed by atoms with Crippen molar-refractivity contribution in [3.63, 3.8) is 0 Å². The largest absolute Gasteiger partial charge is 0.497 e. The van der Waals surface area contributed by atoms with E-state index in [4.69, 9.17) is 4.74 Å².